The van der Waals surface area contributed by atoms with Crippen molar-refractivity contribution in [3.05, 3.63) is 17.8 Å². The molecule has 86 valence electrons. The van der Waals surface area contributed by atoms with Crippen LogP contribution >= 0.6 is 11.8 Å². The number of hydrogen-bond donors (Lipinski definition) is 1. The van der Waals surface area contributed by atoms with Crippen molar-refractivity contribution in [2.24, 2.45) is 0 Å². The molecule has 0 saturated heterocycles. The van der Waals surface area contributed by atoms with Crippen LogP contribution in [0.5, 0.6) is 0 Å². The maximum Gasteiger partial charge on any atom is 0.208 e. The fourth-order valence-corrected chi connectivity index (χ4v) is 1.78. The van der Waals surface area contributed by atoms with Crippen LogP contribution in [0, 0.1) is 0 Å². The molecular formula is C11H20N2OS. The third-order valence-corrected chi connectivity index (χ3v) is 2.88. The van der Waals surface area contributed by atoms with Gasteiger partial charge in [-0.15, -0.1) is 0 Å². The van der Waals surface area contributed by atoms with Gasteiger partial charge in [-0.05, 0) is 31.4 Å². The number of thioether (sulfide) groups is 1. The highest BCUT2D eigenvalue weighted by atomic mass is 32.2. The molecule has 1 aromatic heterocycles. The Morgan fingerprint density at radius 2 is 2.33 bits per heavy atom. The first-order valence-electron chi connectivity index (χ1n) is 5.50. The van der Waals surface area contributed by atoms with Crippen LogP contribution in [0.3, 0.4) is 0 Å². The molecule has 3 nitrogen and oxygen atoms in total. The van der Waals surface area contributed by atoms with E-state index in [1.807, 2.05) is 18.0 Å². The van der Waals surface area contributed by atoms with Crippen LogP contribution in [0.2, 0.25) is 0 Å². The van der Waals surface area contributed by atoms with Gasteiger partial charge in [0.25, 0.3) is 0 Å². The van der Waals surface area contributed by atoms with E-state index < -0.39 is 0 Å². The van der Waals surface area contributed by atoms with Crippen molar-refractivity contribution in [3.63, 3.8) is 0 Å². The van der Waals surface area contributed by atoms with Gasteiger partial charge < -0.3 is 9.73 Å². The van der Waals surface area contributed by atoms with Crippen molar-refractivity contribution in [2.45, 2.75) is 32.7 Å². The lowest BCUT2D eigenvalue weighted by Crippen LogP contribution is -2.14. The van der Waals surface area contributed by atoms with E-state index in [4.69, 9.17) is 4.42 Å². The predicted octanol–water partition coefficient (Wildman–Crippen LogP) is 2.47. The standard InChI is InChI=1S/C11H20N2OS/c1-3-10-8-13-11(14-10)9-12-6-4-5-7-15-2/h8,12H,3-7,9H2,1-2H3. The molecule has 0 atom stereocenters. The fraction of sp³-hybridized carbons (Fsp3) is 0.727. The molecule has 0 saturated carbocycles. The lowest BCUT2D eigenvalue weighted by Gasteiger charge is -2.01. The van der Waals surface area contributed by atoms with E-state index in [1.54, 1.807) is 0 Å². The zero-order valence-corrected chi connectivity index (χ0v) is 10.4. The van der Waals surface area contributed by atoms with Crippen LogP contribution < -0.4 is 5.32 Å². The van der Waals surface area contributed by atoms with Crippen molar-refractivity contribution >= 4 is 11.8 Å². The van der Waals surface area contributed by atoms with Gasteiger partial charge >= 0.3 is 0 Å². The molecule has 1 rings (SSSR count). The Labute approximate surface area is 96.0 Å². The molecule has 0 aliphatic carbocycles. The summed E-state index contributed by atoms with van der Waals surface area (Å²) in [6.45, 7) is 3.86. The average molecular weight is 228 g/mol. The summed E-state index contributed by atoms with van der Waals surface area (Å²) >= 11 is 1.90. The first kappa shape index (κ1) is 12.6. The van der Waals surface area contributed by atoms with Gasteiger partial charge in [0.15, 0.2) is 0 Å². The van der Waals surface area contributed by atoms with Crippen molar-refractivity contribution in [1.82, 2.24) is 10.3 Å². The van der Waals surface area contributed by atoms with E-state index in [1.165, 1.54) is 18.6 Å². The number of aromatic nitrogens is 1. The lowest BCUT2D eigenvalue weighted by atomic mass is 10.3. The van der Waals surface area contributed by atoms with Crippen molar-refractivity contribution in [1.29, 1.82) is 0 Å². The number of hydrogen-bond acceptors (Lipinski definition) is 4. The molecule has 4 heteroatoms. The molecule has 0 unspecified atom stereocenters. The molecule has 0 amide bonds. The highest BCUT2D eigenvalue weighted by Crippen LogP contribution is 2.03. The Morgan fingerprint density at radius 3 is 3.00 bits per heavy atom. The third-order valence-electron chi connectivity index (χ3n) is 2.18. The summed E-state index contributed by atoms with van der Waals surface area (Å²) in [5.41, 5.74) is 0. The van der Waals surface area contributed by atoms with Gasteiger partial charge in [-0.25, -0.2) is 4.98 Å². The second-order valence-electron chi connectivity index (χ2n) is 3.45. The lowest BCUT2D eigenvalue weighted by molar-refractivity contribution is 0.438. The van der Waals surface area contributed by atoms with Crippen LogP contribution in [0.25, 0.3) is 0 Å². The van der Waals surface area contributed by atoms with Gasteiger partial charge in [-0.3, -0.25) is 0 Å². The maximum atomic E-state index is 5.48. The number of oxazole rings is 1. The molecule has 1 heterocycles. The van der Waals surface area contributed by atoms with E-state index >= 15 is 0 Å². The van der Waals surface area contributed by atoms with Crippen LogP contribution in [-0.4, -0.2) is 23.5 Å². The number of rotatable bonds is 8. The van der Waals surface area contributed by atoms with Gasteiger partial charge in [0.1, 0.15) is 5.76 Å². The Kier molecular flexibility index (Phi) is 6.52. The van der Waals surface area contributed by atoms with E-state index in [0.29, 0.717) is 0 Å². The number of unbranched alkanes of at least 4 members (excludes halogenated alkanes) is 1. The first-order valence-corrected chi connectivity index (χ1v) is 6.89. The van der Waals surface area contributed by atoms with E-state index in [-0.39, 0.29) is 0 Å². The maximum absolute atomic E-state index is 5.48. The normalized spacial score (nSPS) is 10.8. The highest BCUT2D eigenvalue weighted by Gasteiger charge is 2.00. The quantitative estimate of drug-likeness (QED) is 0.694. The monoisotopic (exact) mass is 228 g/mol. The summed E-state index contributed by atoms with van der Waals surface area (Å²) in [5, 5.41) is 3.33. The molecule has 15 heavy (non-hydrogen) atoms. The number of nitrogens with zero attached hydrogens (tertiary/aromatic N) is 1. The molecule has 0 aliphatic rings. The third kappa shape index (κ3) is 5.23. The Bertz CT molecular complexity index is 263. The number of aryl methyl sites for hydroxylation is 1. The molecule has 1 aromatic rings. The summed E-state index contributed by atoms with van der Waals surface area (Å²) in [7, 11) is 0. The molecule has 1 N–H and O–H groups in total. The van der Waals surface area contributed by atoms with Gasteiger partial charge in [-0.2, -0.15) is 11.8 Å². The Hall–Kier alpha value is -0.480. The minimum absolute atomic E-state index is 0.749. The molecule has 0 bridgehead atoms. The van der Waals surface area contributed by atoms with Crippen molar-refractivity contribution < 1.29 is 4.42 Å². The first-order chi connectivity index (χ1) is 7.36. The summed E-state index contributed by atoms with van der Waals surface area (Å²) in [4.78, 5) is 4.19. The van der Waals surface area contributed by atoms with Crippen LogP contribution in [-0.2, 0) is 13.0 Å². The zero-order valence-electron chi connectivity index (χ0n) is 9.58. The zero-order chi connectivity index (χ0) is 10.9. The Morgan fingerprint density at radius 1 is 1.47 bits per heavy atom. The van der Waals surface area contributed by atoms with E-state index in [2.05, 4.69) is 23.5 Å². The minimum atomic E-state index is 0.749. The summed E-state index contributed by atoms with van der Waals surface area (Å²) in [6, 6.07) is 0. The van der Waals surface area contributed by atoms with Crippen molar-refractivity contribution in [2.75, 3.05) is 18.6 Å². The SMILES string of the molecule is CCc1cnc(CNCCCCSC)o1. The Balaban J connectivity index is 2.04. The van der Waals surface area contributed by atoms with E-state index in [9.17, 15) is 0 Å². The average Bonchev–Trinajstić information content (AvgIpc) is 2.71. The predicted molar refractivity (Wildman–Crippen MR) is 65.2 cm³/mol. The molecule has 0 radical (unpaired) electrons. The fourth-order valence-electron chi connectivity index (χ4n) is 1.28. The summed E-state index contributed by atoms with van der Waals surface area (Å²) in [6.07, 6.45) is 7.38. The van der Waals surface area contributed by atoms with Crippen molar-refractivity contribution in [3.8, 4) is 0 Å². The molecule has 0 aromatic carbocycles. The topological polar surface area (TPSA) is 38.1 Å². The van der Waals surface area contributed by atoms with Gasteiger partial charge in [0, 0.05) is 6.42 Å². The van der Waals surface area contributed by atoms with Gasteiger partial charge in [-0.1, -0.05) is 6.92 Å². The molecular weight excluding hydrogens is 208 g/mol. The second kappa shape index (κ2) is 7.77. The smallest absolute Gasteiger partial charge is 0.208 e. The van der Waals surface area contributed by atoms with Crippen LogP contribution in [0.1, 0.15) is 31.4 Å². The molecule has 0 spiro atoms. The van der Waals surface area contributed by atoms with Crippen LogP contribution in [0.4, 0.5) is 0 Å². The minimum Gasteiger partial charge on any atom is -0.444 e. The van der Waals surface area contributed by atoms with E-state index in [0.717, 1.165) is 31.2 Å². The molecule has 0 aliphatic heterocycles. The highest BCUT2D eigenvalue weighted by molar-refractivity contribution is 7.98. The van der Waals surface area contributed by atoms with Crippen LogP contribution in [0.15, 0.2) is 10.6 Å². The number of nitrogens with one attached hydrogen (secondary N) is 1. The van der Waals surface area contributed by atoms with Gasteiger partial charge in [0.2, 0.25) is 5.89 Å². The van der Waals surface area contributed by atoms with Gasteiger partial charge in [0.05, 0.1) is 12.7 Å². The summed E-state index contributed by atoms with van der Waals surface area (Å²) in [5.74, 6) is 3.02. The largest absolute Gasteiger partial charge is 0.444 e. The molecule has 0 fully saturated rings. The summed E-state index contributed by atoms with van der Waals surface area (Å²) < 4.78 is 5.48. The second-order valence-corrected chi connectivity index (χ2v) is 4.44.